The van der Waals surface area contributed by atoms with Crippen LogP contribution in [0.1, 0.15) is 66.2 Å². The molecule has 0 bridgehead atoms. The summed E-state index contributed by atoms with van der Waals surface area (Å²) in [5.41, 5.74) is -1.76. The molecule has 4 rings (SSSR count). The summed E-state index contributed by atoms with van der Waals surface area (Å²) in [5, 5.41) is 11.7. The highest BCUT2D eigenvalue weighted by Gasteiger charge is 2.70. The first-order chi connectivity index (χ1) is 13.9. The number of carbonyl (C=O) groups excluding carboxylic acids is 4. The number of esters is 1. The van der Waals surface area contributed by atoms with E-state index in [1.54, 1.807) is 6.08 Å². The van der Waals surface area contributed by atoms with E-state index < -0.39 is 29.4 Å². The summed E-state index contributed by atoms with van der Waals surface area (Å²) in [4.78, 5) is 49.8. The molecule has 164 valence electrons. The van der Waals surface area contributed by atoms with Gasteiger partial charge in [-0.15, -0.1) is 0 Å². The average Bonchev–Trinajstić information content (AvgIpc) is 2.87. The van der Waals surface area contributed by atoms with Crippen molar-refractivity contribution in [3.8, 4) is 0 Å². The summed E-state index contributed by atoms with van der Waals surface area (Å²) in [7, 11) is 0. The average molecular weight is 417 g/mol. The largest absolute Gasteiger partial charge is 0.458 e. The SMILES string of the molecule is CC(=O)OCC(=O)[C@@]1(O)[C@@H](C)C[C@H]2[C@@H]3CCC4=CC(=O)CC[C@]4(C)[C@H]3C(=O)C[C@@]21C. The van der Waals surface area contributed by atoms with Gasteiger partial charge in [0.2, 0.25) is 5.78 Å². The number of fused-ring (bicyclic) bond motifs is 5. The van der Waals surface area contributed by atoms with Crippen molar-refractivity contribution in [2.75, 3.05) is 6.61 Å². The van der Waals surface area contributed by atoms with Crippen molar-refractivity contribution in [3.05, 3.63) is 11.6 Å². The second kappa shape index (κ2) is 6.84. The van der Waals surface area contributed by atoms with Crippen molar-refractivity contribution in [2.45, 2.75) is 71.8 Å². The second-order valence-corrected chi connectivity index (χ2v) is 10.5. The van der Waals surface area contributed by atoms with E-state index in [-0.39, 0.29) is 47.1 Å². The Hall–Kier alpha value is -1.82. The summed E-state index contributed by atoms with van der Waals surface area (Å²) < 4.78 is 4.91. The van der Waals surface area contributed by atoms with Gasteiger partial charge in [-0.05, 0) is 54.9 Å². The number of ether oxygens (including phenoxy) is 1. The molecule has 0 aromatic carbocycles. The van der Waals surface area contributed by atoms with Crippen LogP contribution in [-0.4, -0.2) is 40.6 Å². The lowest BCUT2D eigenvalue weighted by Gasteiger charge is -2.57. The van der Waals surface area contributed by atoms with Gasteiger partial charge in [0.1, 0.15) is 11.4 Å². The fourth-order valence-corrected chi connectivity index (χ4v) is 7.59. The molecule has 0 radical (unpaired) electrons. The zero-order valence-corrected chi connectivity index (χ0v) is 18.3. The molecule has 3 saturated carbocycles. The van der Waals surface area contributed by atoms with Gasteiger partial charge in [-0.25, -0.2) is 0 Å². The van der Waals surface area contributed by atoms with E-state index >= 15 is 0 Å². The lowest BCUT2D eigenvalue weighted by molar-refractivity contribution is -0.177. The smallest absolute Gasteiger partial charge is 0.303 e. The van der Waals surface area contributed by atoms with Crippen molar-refractivity contribution in [1.29, 1.82) is 0 Å². The van der Waals surface area contributed by atoms with E-state index in [9.17, 15) is 24.3 Å². The third-order valence-corrected chi connectivity index (χ3v) is 9.07. The minimum absolute atomic E-state index is 0.0393. The van der Waals surface area contributed by atoms with Crippen LogP contribution in [0.15, 0.2) is 11.6 Å². The van der Waals surface area contributed by atoms with Crippen LogP contribution in [0.4, 0.5) is 0 Å². The van der Waals surface area contributed by atoms with Crippen molar-refractivity contribution >= 4 is 23.3 Å². The molecule has 6 nitrogen and oxygen atoms in total. The zero-order valence-electron chi connectivity index (χ0n) is 18.3. The van der Waals surface area contributed by atoms with Crippen LogP contribution < -0.4 is 0 Å². The highest BCUT2D eigenvalue weighted by molar-refractivity contribution is 5.95. The highest BCUT2D eigenvalue weighted by Crippen LogP contribution is 2.67. The fourth-order valence-electron chi connectivity index (χ4n) is 7.59. The van der Waals surface area contributed by atoms with E-state index in [1.165, 1.54) is 6.92 Å². The van der Waals surface area contributed by atoms with Crippen LogP contribution in [0, 0.1) is 34.5 Å². The first-order valence-electron chi connectivity index (χ1n) is 11.1. The molecule has 0 aromatic rings. The number of hydrogen-bond donors (Lipinski definition) is 1. The number of rotatable bonds is 3. The Balaban J connectivity index is 1.70. The maximum Gasteiger partial charge on any atom is 0.303 e. The van der Waals surface area contributed by atoms with Gasteiger partial charge in [0.15, 0.2) is 12.4 Å². The molecule has 0 aromatic heterocycles. The Morgan fingerprint density at radius 2 is 1.93 bits per heavy atom. The normalized spacial score (nSPS) is 45.2. The minimum atomic E-state index is -1.69. The van der Waals surface area contributed by atoms with Crippen LogP contribution in [-0.2, 0) is 23.9 Å². The molecule has 7 atom stereocenters. The molecule has 4 aliphatic carbocycles. The van der Waals surface area contributed by atoms with E-state index in [4.69, 9.17) is 4.74 Å². The van der Waals surface area contributed by atoms with E-state index in [1.807, 2.05) is 13.8 Å². The molecule has 0 saturated heterocycles. The maximum absolute atomic E-state index is 13.6. The van der Waals surface area contributed by atoms with Crippen molar-refractivity contribution < 1.29 is 29.0 Å². The van der Waals surface area contributed by atoms with Gasteiger partial charge >= 0.3 is 5.97 Å². The number of hydrogen-bond acceptors (Lipinski definition) is 6. The Morgan fingerprint density at radius 1 is 1.23 bits per heavy atom. The van der Waals surface area contributed by atoms with Gasteiger partial charge < -0.3 is 9.84 Å². The van der Waals surface area contributed by atoms with Crippen molar-refractivity contribution in [1.82, 2.24) is 0 Å². The molecule has 0 unspecified atom stereocenters. The summed E-state index contributed by atoms with van der Waals surface area (Å²) in [6, 6.07) is 0. The first kappa shape index (κ1) is 21.4. The predicted molar refractivity (Wildman–Crippen MR) is 108 cm³/mol. The molecule has 0 heterocycles. The van der Waals surface area contributed by atoms with Crippen molar-refractivity contribution in [2.24, 2.45) is 34.5 Å². The van der Waals surface area contributed by atoms with Gasteiger partial charge in [0.05, 0.1) is 0 Å². The lowest BCUT2D eigenvalue weighted by Crippen LogP contribution is -2.62. The van der Waals surface area contributed by atoms with Crippen LogP contribution in [0.25, 0.3) is 0 Å². The Labute approximate surface area is 177 Å². The molecule has 30 heavy (non-hydrogen) atoms. The van der Waals surface area contributed by atoms with Crippen LogP contribution >= 0.6 is 0 Å². The van der Waals surface area contributed by atoms with Crippen LogP contribution in [0.2, 0.25) is 0 Å². The Kier molecular flexibility index (Phi) is 4.88. The van der Waals surface area contributed by atoms with Crippen LogP contribution in [0.5, 0.6) is 0 Å². The second-order valence-electron chi connectivity index (χ2n) is 10.5. The fraction of sp³-hybridized carbons (Fsp3) is 0.750. The third kappa shape index (κ3) is 2.72. The molecule has 0 aliphatic heterocycles. The van der Waals surface area contributed by atoms with Gasteiger partial charge in [-0.2, -0.15) is 0 Å². The van der Waals surface area contributed by atoms with Gasteiger partial charge in [0.25, 0.3) is 0 Å². The molecule has 4 aliphatic rings. The topological polar surface area (TPSA) is 97.7 Å². The van der Waals surface area contributed by atoms with Crippen molar-refractivity contribution in [3.63, 3.8) is 0 Å². The zero-order chi connectivity index (χ0) is 22.1. The maximum atomic E-state index is 13.6. The summed E-state index contributed by atoms with van der Waals surface area (Å²) in [5.74, 6) is -1.19. The summed E-state index contributed by atoms with van der Waals surface area (Å²) >= 11 is 0. The quantitative estimate of drug-likeness (QED) is 0.711. The molecule has 1 N–H and O–H groups in total. The highest BCUT2D eigenvalue weighted by atomic mass is 16.5. The molecule has 6 heteroatoms. The van der Waals surface area contributed by atoms with Gasteiger partial charge in [0, 0.05) is 31.1 Å². The summed E-state index contributed by atoms with van der Waals surface area (Å²) in [6.45, 7) is 6.63. The number of Topliss-reactive ketones (excluding diaryl/α,β-unsaturated/α-hetero) is 2. The number of aliphatic hydroxyl groups is 1. The third-order valence-electron chi connectivity index (χ3n) is 9.07. The first-order valence-corrected chi connectivity index (χ1v) is 11.1. The predicted octanol–water partition coefficient (Wildman–Crippen LogP) is 2.81. The van der Waals surface area contributed by atoms with E-state index in [0.29, 0.717) is 19.3 Å². The van der Waals surface area contributed by atoms with E-state index in [2.05, 4.69) is 6.92 Å². The number of allylic oxidation sites excluding steroid dienone is 1. The van der Waals surface area contributed by atoms with E-state index in [0.717, 1.165) is 18.4 Å². The van der Waals surface area contributed by atoms with Gasteiger partial charge in [-0.1, -0.05) is 26.3 Å². The molecular formula is C24H32O6. The number of carbonyl (C=O) groups is 4. The standard InChI is InChI=1S/C24H32O6/c1-13-9-18-17-6-5-15-10-16(26)7-8-22(15,3)21(17)19(27)11-23(18,4)24(13,29)20(28)12-30-14(2)25/h10,13,17-18,21,29H,5-9,11-12H2,1-4H3/t13-,17-,18-,21+,22-,23-,24-/m0/s1. The molecule has 0 spiro atoms. The Morgan fingerprint density at radius 3 is 2.60 bits per heavy atom. The minimum Gasteiger partial charge on any atom is -0.458 e. The summed E-state index contributed by atoms with van der Waals surface area (Å²) in [6.07, 6.45) is 5.32. The number of ketones is 3. The lowest BCUT2D eigenvalue weighted by atomic mass is 9.46. The Bertz CT molecular complexity index is 858. The monoisotopic (exact) mass is 416 g/mol. The van der Waals surface area contributed by atoms with Crippen LogP contribution in [0.3, 0.4) is 0 Å². The molecular weight excluding hydrogens is 384 g/mol. The molecule has 0 amide bonds. The van der Waals surface area contributed by atoms with Gasteiger partial charge in [-0.3, -0.25) is 19.2 Å². The molecule has 3 fully saturated rings.